The molecule has 1 amide bonds. The van der Waals surface area contributed by atoms with Gasteiger partial charge in [-0.2, -0.15) is 0 Å². The van der Waals surface area contributed by atoms with Crippen LogP contribution in [0.25, 0.3) is 6.08 Å². The van der Waals surface area contributed by atoms with Gasteiger partial charge in [0.2, 0.25) is 0 Å². The number of aromatic hydroxyl groups is 3. The monoisotopic (exact) mass is 979 g/mol. The number of aryl methyl sites for hydroxylation is 1. The molecule has 1 aromatic heterocycles. The number of phenols is 3. The number of carbonyl (C=O) groups excluding carboxylic acids is 1. The number of anilines is 1. The first-order chi connectivity index (χ1) is 34.0. The maximum absolute atomic E-state index is 15.4. The molecule has 3 aromatic carbocycles. The first-order valence-electron chi connectivity index (χ1n) is 24.5. The van der Waals surface area contributed by atoms with Crippen molar-refractivity contribution in [1.82, 2.24) is 9.97 Å². The molecule has 11 atom stereocenters. The second-order valence-electron chi connectivity index (χ2n) is 20.6. The van der Waals surface area contributed by atoms with E-state index in [2.05, 4.69) is 9.97 Å². The molecule has 2 saturated carbocycles. The van der Waals surface area contributed by atoms with E-state index in [0.29, 0.717) is 66.5 Å². The predicted molar refractivity (Wildman–Crippen MR) is 253 cm³/mol. The molecule has 10 rings (SSSR count). The third kappa shape index (κ3) is 7.81. The Bertz CT molecular complexity index is 2750. The van der Waals surface area contributed by atoms with Crippen molar-refractivity contribution in [1.29, 1.82) is 0 Å². The van der Waals surface area contributed by atoms with Crippen molar-refractivity contribution in [3.63, 3.8) is 0 Å². The Labute approximate surface area is 408 Å². The Kier molecular flexibility index (Phi) is 12.6. The minimum Gasteiger partial charge on any atom is -0.508 e. The van der Waals surface area contributed by atoms with Crippen molar-refractivity contribution in [3.8, 4) is 23.0 Å². The molecule has 18 heteroatoms. The average molecular weight is 980 g/mol. The highest BCUT2D eigenvalue weighted by molar-refractivity contribution is 6.13. The topological polar surface area (TPSA) is 307 Å². The summed E-state index contributed by atoms with van der Waals surface area (Å²) in [4.78, 5) is 38.4. The van der Waals surface area contributed by atoms with Gasteiger partial charge in [-0.05, 0) is 116 Å². The summed E-state index contributed by atoms with van der Waals surface area (Å²) in [5.41, 5.74) is -0.642. The highest BCUT2D eigenvalue weighted by Crippen LogP contribution is 2.71. The number of aliphatic hydroxyl groups is 7. The number of carboxylic acid groups (broad SMARTS) is 1. The molecule has 71 heavy (non-hydrogen) atoms. The molecule has 4 aliphatic carbocycles. The summed E-state index contributed by atoms with van der Waals surface area (Å²) in [5, 5.41) is 124. The molecule has 0 radical (unpaired) electrons. The molecule has 18 nitrogen and oxygen atoms in total. The van der Waals surface area contributed by atoms with E-state index < -0.39 is 94.7 Å². The fraction of sp³-hybridized carbons (Fsp3) is 0.491. The maximum atomic E-state index is 15.4. The van der Waals surface area contributed by atoms with Crippen molar-refractivity contribution in [2.75, 3.05) is 18.1 Å². The number of phenolic OH excluding ortho intramolecular Hbond substituents is 3. The summed E-state index contributed by atoms with van der Waals surface area (Å²) in [6.45, 7) is -1.24. The minimum atomic E-state index is -3.21. The lowest BCUT2D eigenvalue weighted by atomic mass is 9.45. The van der Waals surface area contributed by atoms with Crippen LogP contribution in [0.5, 0.6) is 23.0 Å². The van der Waals surface area contributed by atoms with E-state index in [1.807, 2.05) is 6.07 Å². The number of rotatable bonds is 13. The third-order valence-corrected chi connectivity index (χ3v) is 16.8. The van der Waals surface area contributed by atoms with Crippen LogP contribution in [-0.4, -0.2) is 133 Å². The van der Waals surface area contributed by atoms with Gasteiger partial charge in [0.25, 0.3) is 5.91 Å². The van der Waals surface area contributed by atoms with Crippen LogP contribution in [0.2, 0.25) is 0 Å². The first-order valence-corrected chi connectivity index (χ1v) is 24.5. The van der Waals surface area contributed by atoms with Crippen molar-refractivity contribution in [2.45, 2.75) is 130 Å². The number of imidazole rings is 1. The number of carbonyl (C=O) groups is 2. The van der Waals surface area contributed by atoms with Crippen molar-refractivity contribution >= 4 is 23.6 Å². The number of aromatic nitrogens is 2. The quantitative estimate of drug-likeness (QED) is 0.0518. The Morgan fingerprint density at radius 3 is 2.41 bits per heavy atom. The van der Waals surface area contributed by atoms with Crippen LogP contribution in [0.4, 0.5) is 5.69 Å². The molecule has 378 valence electrons. The number of hydrogen-bond acceptors (Lipinski definition) is 15. The van der Waals surface area contributed by atoms with E-state index in [-0.39, 0.29) is 54.5 Å². The molecule has 12 N–H and O–H groups in total. The second-order valence-corrected chi connectivity index (χ2v) is 20.6. The normalized spacial score (nSPS) is 32.8. The fourth-order valence-electron chi connectivity index (χ4n) is 13.7. The summed E-state index contributed by atoms with van der Waals surface area (Å²) in [6.07, 6.45) is 6.06. The van der Waals surface area contributed by atoms with Crippen LogP contribution in [0.3, 0.4) is 0 Å². The zero-order valence-corrected chi connectivity index (χ0v) is 39.0. The SMILES string of the molecule is O=C(C=Cc1ccc(O)c(Cc2cnc[nH]2)c1)N1c2cc(OC3(O)OC(CO)C(O)C(O)C3O)c(O)cc2C2C(C34c5c(O)cccc5CCC3CCCC4CO)C(CCC3(O)CCCC3)=CC21C(=O)O. The molecule has 0 bridgehead atoms. The number of nitrogens with one attached hydrogen (secondary N) is 1. The number of carboxylic acids is 1. The second kappa shape index (κ2) is 18.3. The largest absolute Gasteiger partial charge is 0.508 e. The summed E-state index contributed by atoms with van der Waals surface area (Å²) in [5.74, 6) is -9.68. The number of fused-ring (bicyclic) bond motifs is 6. The van der Waals surface area contributed by atoms with Gasteiger partial charge in [0.05, 0.1) is 24.2 Å². The number of nitrogens with zero attached hydrogens (tertiary/aromatic N) is 2. The molecule has 2 aliphatic heterocycles. The van der Waals surface area contributed by atoms with Gasteiger partial charge >= 0.3 is 11.9 Å². The Morgan fingerprint density at radius 2 is 1.69 bits per heavy atom. The number of aliphatic carboxylic acids is 1. The summed E-state index contributed by atoms with van der Waals surface area (Å²) in [6, 6.07) is 12.4. The predicted octanol–water partition coefficient (Wildman–Crippen LogP) is 3.52. The van der Waals surface area contributed by atoms with Crippen molar-refractivity contribution in [2.24, 2.45) is 17.8 Å². The van der Waals surface area contributed by atoms with Gasteiger partial charge in [-0.1, -0.05) is 43.0 Å². The number of aromatic amines is 1. The molecular weight excluding hydrogens is 919 g/mol. The summed E-state index contributed by atoms with van der Waals surface area (Å²) in [7, 11) is 0. The lowest BCUT2D eigenvalue weighted by Gasteiger charge is -2.58. The van der Waals surface area contributed by atoms with Gasteiger partial charge < -0.3 is 70.6 Å². The zero-order valence-electron chi connectivity index (χ0n) is 39.0. The third-order valence-electron chi connectivity index (χ3n) is 16.8. The molecular formula is C53H61N3O15. The van der Waals surface area contributed by atoms with Crippen LogP contribution >= 0.6 is 0 Å². The van der Waals surface area contributed by atoms with E-state index in [4.69, 9.17) is 9.47 Å². The van der Waals surface area contributed by atoms with Gasteiger partial charge in [0.15, 0.2) is 23.1 Å². The van der Waals surface area contributed by atoms with Crippen LogP contribution < -0.4 is 9.64 Å². The molecule has 0 spiro atoms. The average Bonchev–Trinajstić information content (AvgIpc) is 4.16. The number of benzene rings is 3. The van der Waals surface area contributed by atoms with Crippen molar-refractivity contribution < 1.29 is 75.2 Å². The Hall–Kier alpha value is -5.83. The zero-order chi connectivity index (χ0) is 50.2. The van der Waals surface area contributed by atoms with Crippen molar-refractivity contribution in [3.05, 3.63) is 112 Å². The van der Waals surface area contributed by atoms with Gasteiger partial charge in [-0.25, -0.2) is 9.78 Å². The number of aliphatic hydroxyl groups excluding tert-OH is 5. The van der Waals surface area contributed by atoms with Crippen LogP contribution in [0.1, 0.15) is 104 Å². The molecule has 3 heterocycles. The van der Waals surface area contributed by atoms with E-state index in [1.165, 1.54) is 30.6 Å². The highest BCUT2D eigenvalue weighted by atomic mass is 16.8. The summed E-state index contributed by atoms with van der Waals surface area (Å²) < 4.78 is 11.1. The lowest BCUT2D eigenvalue weighted by molar-refractivity contribution is -0.422. The molecule has 1 saturated heterocycles. The summed E-state index contributed by atoms with van der Waals surface area (Å²) >= 11 is 0. The highest BCUT2D eigenvalue weighted by Gasteiger charge is 2.71. The molecule has 3 fully saturated rings. The lowest BCUT2D eigenvalue weighted by Crippen LogP contribution is -2.67. The number of H-pyrrole nitrogens is 1. The molecule has 11 unspecified atom stereocenters. The van der Waals surface area contributed by atoms with Gasteiger partial charge in [0, 0.05) is 65.4 Å². The van der Waals surface area contributed by atoms with E-state index >= 15 is 4.79 Å². The van der Waals surface area contributed by atoms with Crippen LogP contribution in [-0.2, 0) is 32.6 Å². The first kappa shape index (κ1) is 48.8. The Balaban J connectivity index is 1.18. The van der Waals surface area contributed by atoms with Gasteiger partial charge in [-0.15, -0.1) is 0 Å². The van der Waals surface area contributed by atoms with E-state index in [9.17, 15) is 61.0 Å². The smallest absolute Gasteiger partial charge is 0.355 e. The van der Waals surface area contributed by atoms with Gasteiger partial charge in [0.1, 0.15) is 29.8 Å². The minimum absolute atomic E-state index is 0.00793. The Morgan fingerprint density at radius 1 is 0.901 bits per heavy atom. The number of ether oxygens (including phenoxy) is 2. The molecule has 4 aromatic rings. The number of allylic oxidation sites excluding steroid dienone is 1. The fourth-order valence-corrected chi connectivity index (χ4v) is 13.7. The number of amides is 1. The van der Waals surface area contributed by atoms with E-state index in [1.54, 1.807) is 36.5 Å². The number of hydrogen-bond donors (Lipinski definition) is 12. The van der Waals surface area contributed by atoms with Crippen LogP contribution in [0.15, 0.2) is 78.8 Å². The van der Waals surface area contributed by atoms with E-state index in [0.717, 1.165) is 35.8 Å². The maximum Gasteiger partial charge on any atom is 0.355 e. The van der Waals surface area contributed by atoms with Crippen LogP contribution in [0, 0.1) is 17.8 Å². The van der Waals surface area contributed by atoms with Gasteiger partial charge in [-0.3, -0.25) is 9.69 Å². The standard InChI is InChI=1S/C53H61N3O15/c57-25-33-7-4-6-32-12-11-29-5-3-8-38(60)43(29)52(32,33)44-30(15-18-50(68)16-1-2-17-50)23-51(49(66)67)45(44)35-21-39(61)40(70-53(69)48(65)47(64)46(63)41(26-58)71-53)22-36(35)56(51)42(62)14-10-28-9-13-37(59)31(19-28)20-34-24-54-27-55-34/h3,5,8-10,13-14,19,21-24,27,32-33,41,44-48,57-61,63-65,68-69H,1-2,4,6-7,11-12,15-18,20,25-26H2,(H,54,55)(H,66,67). The molecule has 6 aliphatic rings.